The lowest BCUT2D eigenvalue weighted by Gasteiger charge is -2.09. The normalized spacial score (nSPS) is 12.8. The molecule has 3 nitrogen and oxygen atoms in total. The number of furan rings is 1. The number of rotatable bonds is 2. The van der Waals surface area contributed by atoms with Crippen molar-refractivity contribution in [3.8, 4) is 0 Å². The van der Waals surface area contributed by atoms with Crippen LogP contribution in [0.4, 0.5) is 4.39 Å². The first-order valence-corrected chi connectivity index (χ1v) is 5.93. The zero-order valence-corrected chi connectivity index (χ0v) is 10.3. The second-order valence-electron chi connectivity index (χ2n) is 4.47. The second-order valence-corrected chi connectivity index (χ2v) is 4.47. The Hall–Kier alpha value is -2.20. The Morgan fingerprint density at radius 2 is 2.11 bits per heavy atom. The van der Waals surface area contributed by atoms with E-state index in [9.17, 15) is 9.50 Å². The van der Waals surface area contributed by atoms with E-state index in [2.05, 4.69) is 4.98 Å². The molecule has 0 spiro atoms. The molecule has 1 atom stereocenters. The summed E-state index contributed by atoms with van der Waals surface area (Å²) in [6.45, 7) is 1.89. The van der Waals surface area contributed by atoms with Gasteiger partial charge < -0.3 is 9.52 Å². The van der Waals surface area contributed by atoms with Gasteiger partial charge in [-0.1, -0.05) is 0 Å². The molecule has 1 N–H and O–H groups in total. The number of pyridine rings is 1. The van der Waals surface area contributed by atoms with Crippen LogP contribution in [0.15, 0.2) is 47.1 Å². The third kappa shape index (κ3) is 2.11. The minimum Gasteiger partial charge on any atom is -0.458 e. The summed E-state index contributed by atoms with van der Waals surface area (Å²) in [6.07, 6.45) is 2.37. The molecule has 19 heavy (non-hydrogen) atoms. The van der Waals surface area contributed by atoms with Gasteiger partial charge in [-0.2, -0.15) is 0 Å². The highest BCUT2D eigenvalue weighted by atomic mass is 19.1. The van der Waals surface area contributed by atoms with Crippen molar-refractivity contribution >= 4 is 11.0 Å². The Kier molecular flexibility index (Phi) is 2.80. The highest BCUT2D eigenvalue weighted by Crippen LogP contribution is 2.29. The molecule has 0 aliphatic heterocycles. The van der Waals surface area contributed by atoms with Crippen LogP contribution in [-0.4, -0.2) is 10.1 Å². The van der Waals surface area contributed by atoms with E-state index < -0.39 is 6.10 Å². The van der Waals surface area contributed by atoms with Crippen molar-refractivity contribution in [3.63, 3.8) is 0 Å². The lowest BCUT2D eigenvalue weighted by atomic mass is 10.0. The van der Waals surface area contributed by atoms with E-state index in [1.54, 1.807) is 24.5 Å². The predicted octanol–water partition coefficient (Wildman–Crippen LogP) is 3.36. The van der Waals surface area contributed by atoms with Gasteiger partial charge in [0.15, 0.2) is 0 Å². The Morgan fingerprint density at radius 3 is 2.89 bits per heavy atom. The lowest BCUT2D eigenvalue weighted by molar-refractivity contribution is 0.191. The van der Waals surface area contributed by atoms with E-state index in [-0.39, 0.29) is 5.82 Å². The van der Waals surface area contributed by atoms with E-state index in [1.807, 2.05) is 13.0 Å². The molecule has 0 bridgehead atoms. The van der Waals surface area contributed by atoms with Crippen LogP contribution in [0.1, 0.15) is 23.0 Å². The molecule has 0 aliphatic rings. The van der Waals surface area contributed by atoms with Crippen molar-refractivity contribution in [2.45, 2.75) is 13.0 Å². The first kappa shape index (κ1) is 11.9. The first-order valence-electron chi connectivity index (χ1n) is 5.93. The van der Waals surface area contributed by atoms with Crippen LogP contribution >= 0.6 is 0 Å². The average Bonchev–Trinajstić information content (AvgIpc) is 2.81. The van der Waals surface area contributed by atoms with Crippen molar-refractivity contribution in [1.82, 2.24) is 4.98 Å². The van der Waals surface area contributed by atoms with Gasteiger partial charge in [-0.15, -0.1) is 0 Å². The van der Waals surface area contributed by atoms with Crippen LogP contribution in [0, 0.1) is 12.7 Å². The fourth-order valence-electron chi connectivity index (χ4n) is 2.09. The molecule has 0 saturated carbocycles. The number of aromatic nitrogens is 1. The fourth-order valence-corrected chi connectivity index (χ4v) is 2.09. The Bertz CT molecular complexity index is 736. The smallest absolute Gasteiger partial charge is 0.138 e. The van der Waals surface area contributed by atoms with E-state index in [0.717, 1.165) is 5.56 Å². The zero-order valence-electron chi connectivity index (χ0n) is 10.3. The molecule has 0 aliphatic carbocycles. The maximum absolute atomic E-state index is 13.1. The maximum atomic E-state index is 13.1. The van der Waals surface area contributed by atoms with Crippen molar-refractivity contribution in [3.05, 3.63) is 65.4 Å². The molecule has 2 heterocycles. The Morgan fingerprint density at radius 1 is 1.26 bits per heavy atom. The predicted molar refractivity (Wildman–Crippen MR) is 69.2 cm³/mol. The van der Waals surface area contributed by atoms with Crippen LogP contribution in [-0.2, 0) is 0 Å². The highest BCUT2D eigenvalue weighted by Gasteiger charge is 2.17. The van der Waals surface area contributed by atoms with Crippen molar-refractivity contribution < 1.29 is 13.9 Å². The minimum atomic E-state index is -0.899. The molecule has 3 aromatic rings. The van der Waals surface area contributed by atoms with Crippen LogP contribution in [0.5, 0.6) is 0 Å². The minimum absolute atomic E-state index is 0.327. The summed E-state index contributed by atoms with van der Waals surface area (Å²) in [5.41, 5.74) is 2.16. The van der Waals surface area contributed by atoms with E-state index in [1.165, 1.54) is 12.1 Å². The summed E-state index contributed by atoms with van der Waals surface area (Å²) in [7, 11) is 0. The lowest BCUT2D eigenvalue weighted by Crippen LogP contribution is -2.01. The number of aliphatic hydroxyl groups is 1. The first-order chi connectivity index (χ1) is 9.15. The number of benzene rings is 1. The van der Waals surface area contributed by atoms with Crippen molar-refractivity contribution in [2.75, 3.05) is 0 Å². The molecule has 1 unspecified atom stereocenters. The molecule has 4 heteroatoms. The fraction of sp³-hybridized carbons (Fsp3) is 0.133. The van der Waals surface area contributed by atoms with E-state index in [4.69, 9.17) is 4.42 Å². The Labute approximate surface area is 109 Å². The van der Waals surface area contributed by atoms with Gasteiger partial charge in [0.1, 0.15) is 23.3 Å². The summed E-state index contributed by atoms with van der Waals surface area (Å²) >= 11 is 0. The van der Waals surface area contributed by atoms with Gasteiger partial charge in [0.05, 0.1) is 0 Å². The molecular weight excluding hydrogens is 245 g/mol. The molecule has 3 rings (SSSR count). The summed E-state index contributed by atoms with van der Waals surface area (Å²) in [5.74, 6) is 0.0589. The number of aryl methyl sites for hydroxylation is 1. The molecule has 0 radical (unpaired) electrons. The third-order valence-corrected chi connectivity index (χ3v) is 3.14. The number of hydrogen-bond donors (Lipinski definition) is 1. The summed E-state index contributed by atoms with van der Waals surface area (Å²) in [5, 5.41) is 11.0. The second kappa shape index (κ2) is 4.48. The maximum Gasteiger partial charge on any atom is 0.138 e. The van der Waals surface area contributed by atoms with Crippen LogP contribution < -0.4 is 0 Å². The monoisotopic (exact) mass is 257 g/mol. The molecular formula is C15H12FNO2. The van der Waals surface area contributed by atoms with Crippen LogP contribution in [0.25, 0.3) is 11.0 Å². The topological polar surface area (TPSA) is 46.3 Å². The van der Waals surface area contributed by atoms with Gasteiger partial charge in [-0.05, 0) is 42.8 Å². The van der Waals surface area contributed by atoms with E-state index in [0.29, 0.717) is 22.3 Å². The molecule has 1 aromatic carbocycles. The largest absolute Gasteiger partial charge is 0.458 e. The van der Waals surface area contributed by atoms with Gasteiger partial charge in [-0.25, -0.2) is 4.39 Å². The molecule has 0 saturated heterocycles. The summed E-state index contributed by atoms with van der Waals surface area (Å²) in [6, 6.07) is 7.73. The molecule has 0 amide bonds. The standard InChI is InChI=1S/C15H12FNO2/c1-9-4-5-17-8-12(9)15(18)14-7-10-6-11(16)2-3-13(10)19-14/h2-8,15,18H,1H3. The number of fused-ring (bicyclic) bond motifs is 1. The molecule has 96 valence electrons. The molecule has 2 aromatic heterocycles. The number of halogens is 1. The number of aliphatic hydroxyl groups excluding tert-OH is 1. The zero-order chi connectivity index (χ0) is 13.4. The van der Waals surface area contributed by atoms with Crippen LogP contribution in [0.3, 0.4) is 0 Å². The SMILES string of the molecule is Cc1ccncc1C(O)c1cc2cc(F)ccc2o1. The van der Waals surface area contributed by atoms with Gasteiger partial charge >= 0.3 is 0 Å². The number of hydrogen-bond acceptors (Lipinski definition) is 3. The third-order valence-electron chi connectivity index (χ3n) is 3.14. The molecule has 0 fully saturated rings. The van der Waals surface area contributed by atoms with Crippen LogP contribution in [0.2, 0.25) is 0 Å². The Balaban J connectivity index is 2.07. The summed E-state index contributed by atoms with van der Waals surface area (Å²) < 4.78 is 18.7. The van der Waals surface area contributed by atoms with Crippen molar-refractivity contribution in [1.29, 1.82) is 0 Å². The van der Waals surface area contributed by atoms with Gasteiger partial charge in [0, 0.05) is 23.3 Å². The van der Waals surface area contributed by atoms with Gasteiger partial charge in [0.2, 0.25) is 0 Å². The van der Waals surface area contributed by atoms with E-state index >= 15 is 0 Å². The quantitative estimate of drug-likeness (QED) is 0.765. The number of nitrogens with zero attached hydrogens (tertiary/aromatic N) is 1. The van der Waals surface area contributed by atoms with Gasteiger partial charge in [0.25, 0.3) is 0 Å². The van der Waals surface area contributed by atoms with Crippen molar-refractivity contribution in [2.24, 2.45) is 0 Å². The summed E-state index contributed by atoms with van der Waals surface area (Å²) in [4.78, 5) is 4.00. The van der Waals surface area contributed by atoms with Gasteiger partial charge in [-0.3, -0.25) is 4.98 Å². The average molecular weight is 257 g/mol. The highest BCUT2D eigenvalue weighted by molar-refractivity contribution is 5.78.